The molecule has 1 aliphatic heterocycles. The van der Waals surface area contributed by atoms with Gasteiger partial charge in [-0.1, -0.05) is 12.1 Å². The number of amides is 1. The van der Waals surface area contributed by atoms with Crippen molar-refractivity contribution in [1.29, 1.82) is 0 Å². The van der Waals surface area contributed by atoms with Gasteiger partial charge >= 0.3 is 6.36 Å². The van der Waals surface area contributed by atoms with Crippen LogP contribution < -0.4 is 10.1 Å². The van der Waals surface area contributed by atoms with Crippen LogP contribution in [-0.4, -0.2) is 35.2 Å². The maximum Gasteiger partial charge on any atom is 0.573 e. The lowest BCUT2D eigenvalue weighted by Gasteiger charge is -2.16. The van der Waals surface area contributed by atoms with Crippen LogP contribution in [0, 0.1) is 0 Å². The molecule has 0 saturated carbocycles. The minimum atomic E-state index is -4.86. The Labute approximate surface area is 160 Å². The molecule has 9 heteroatoms. The monoisotopic (exact) mass is 397 g/mol. The molecule has 1 N–H and O–H groups in total. The molecule has 3 rings (SSSR count). The van der Waals surface area contributed by atoms with E-state index in [0.717, 1.165) is 29.4 Å². The van der Waals surface area contributed by atoms with E-state index >= 15 is 0 Å². The first kappa shape index (κ1) is 20.2. The number of nitrogens with one attached hydrogen (secondary N) is 1. The normalized spacial score (nSPS) is 14.1. The first-order chi connectivity index (χ1) is 13.3. The Hall–Kier alpha value is -2.55. The number of hydrogen-bond acceptors (Lipinski definition) is 4. The SMILES string of the molecule is CC(C)n1nc(CCNC(=O)c2ccccc2OC(F)(F)F)c2c1CCOC2. The quantitative estimate of drug-likeness (QED) is 0.811. The molecule has 0 atom stereocenters. The molecule has 1 aromatic carbocycles. The molecule has 6 nitrogen and oxygen atoms in total. The number of hydrogen-bond donors (Lipinski definition) is 1. The number of para-hydroxylation sites is 1. The van der Waals surface area contributed by atoms with Crippen molar-refractivity contribution in [2.24, 2.45) is 0 Å². The molecule has 1 amide bonds. The van der Waals surface area contributed by atoms with Crippen LogP contribution in [-0.2, 0) is 24.2 Å². The predicted molar refractivity (Wildman–Crippen MR) is 95.1 cm³/mol. The minimum absolute atomic E-state index is 0.169. The highest BCUT2D eigenvalue weighted by Gasteiger charge is 2.32. The van der Waals surface area contributed by atoms with Gasteiger partial charge < -0.3 is 14.8 Å². The van der Waals surface area contributed by atoms with E-state index in [0.29, 0.717) is 19.6 Å². The molecule has 0 aliphatic carbocycles. The Morgan fingerprint density at radius 2 is 2.11 bits per heavy atom. The van der Waals surface area contributed by atoms with Gasteiger partial charge in [-0.25, -0.2) is 0 Å². The number of halogens is 3. The van der Waals surface area contributed by atoms with Crippen LogP contribution in [0.3, 0.4) is 0 Å². The highest BCUT2D eigenvalue weighted by molar-refractivity contribution is 5.96. The summed E-state index contributed by atoms with van der Waals surface area (Å²) in [7, 11) is 0. The Kier molecular flexibility index (Phi) is 5.93. The second-order valence-corrected chi connectivity index (χ2v) is 6.76. The summed E-state index contributed by atoms with van der Waals surface area (Å²) in [4.78, 5) is 12.3. The zero-order valence-corrected chi connectivity index (χ0v) is 15.7. The summed E-state index contributed by atoms with van der Waals surface area (Å²) in [6.45, 7) is 5.46. The van der Waals surface area contributed by atoms with Crippen LogP contribution in [0.5, 0.6) is 5.75 Å². The molecular formula is C19H22F3N3O3. The first-order valence-electron chi connectivity index (χ1n) is 9.06. The lowest BCUT2D eigenvalue weighted by molar-refractivity contribution is -0.274. The number of rotatable bonds is 6. The Bertz CT molecular complexity index is 847. The number of carbonyl (C=O) groups excluding carboxylic acids is 1. The zero-order valence-electron chi connectivity index (χ0n) is 15.7. The van der Waals surface area contributed by atoms with Crippen LogP contribution in [0.4, 0.5) is 13.2 Å². The molecule has 28 heavy (non-hydrogen) atoms. The van der Waals surface area contributed by atoms with Crippen molar-refractivity contribution in [3.05, 3.63) is 46.8 Å². The van der Waals surface area contributed by atoms with Gasteiger partial charge in [0.2, 0.25) is 0 Å². The van der Waals surface area contributed by atoms with Crippen molar-refractivity contribution in [3.8, 4) is 5.75 Å². The van der Waals surface area contributed by atoms with E-state index in [1.165, 1.54) is 18.2 Å². The fourth-order valence-corrected chi connectivity index (χ4v) is 3.22. The number of carbonyl (C=O) groups is 1. The van der Waals surface area contributed by atoms with E-state index in [1.54, 1.807) is 0 Å². The van der Waals surface area contributed by atoms with E-state index in [4.69, 9.17) is 4.74 Å². The van der Waals surface area contributed by atoms with Gasteiger partial charge in [0.25, 0.3) is 5.91 Å². The summed E-state index contributed by atoms with van der Waals surface area (Å²) in [5.41, 5.74) is 2.85. The van der Waals surface area contributed by atoms with E-state index in [9.17, 15) is 18.0 Å². The number of ether oxygens (including phenoxy) is 2. The van der Waals surface area contributed by atoms with E-state index < -0.39 is 18.0 Å². The number of aromatic nitrogens is 2. The number of alkyl halides is 3. The highest BCUT2D eigenvalue weighted by atomic mass is 19.4. The van der Waals surface area contributed by atoms with Gasteiger partial charge in [0.15, 0.2) is 0 Å². The first-order valence-corrected chi connectivity index (χ1v) is 9.06. The molecule has 0 saturated heterocycles. The van der Waals surface area contributed by atoms with Crippen molar-refractivity contribution < 1.29 is 27.4 Å². The van der Waals surface area contributed by atoms with Crippen LogP contribution in [0.15, 0.2) is 24.3 Å². The maximum absolute atomic E-state index is 12.5. The number of fused-ring (bicyclic) bond motifs is 1. The molecule has 0 bridgehead atoms. The molecule has 152 valence electrons. The molecule has 0 spiro atoms. The Morgan fingerprint density at radius 1 is 1.36 bits per heavy atom. The molecule has 1 aliphatic rings. The van der Waals surface area contributed by atoms with Gasteiger partial charge in [0.1, 0.15) is 5.75 Å². The average molecular weight is 397 g/mol. The fourth-order valence-electron chi connectivity index (χ4n) is 3.22. The molecular weight excluding hydrogens is 375 g/mol. The smallest absolute Gasteiger partial charge is 0.405 e. The van der Waals surface area contributed by atoms with Gasteiger partial charge in [0, 0.05) is 36.7 Å². The molecule has 2 aromatic rings. The summed E-state index contributed by atoms with van der Waals surface area (Å²) in [5.74, 6) is -1.16. The van der Waals surface area contributed by atoms with Gasteiger partial charge in [-0.2, -0.15) is 5.10 Å². The summed E-state index contributed by atoms with van der Waals surface area (Å²) in [6.07, 6.45) is -3.62. The highest BCUT2D eigenvalue weighted by Crippen LogP contribution is 2.26. The zero-order chi connectivity index (χ0) is 20.3. The average Bonchev–Trinajstić information content (AvgIpc) is 3.00. The maximum atomic E-state index is 12.5. The van der Waals surface area contributed by atoms with Crippen molar-refractivity contribution in [2.75, 3.05) is 13.2 Å². The summed E-state index contributed by atoms with van der Waals surface area (Å²) >= 11 is 0. The van der Waals surface area contributed by atoms with E-state index in [-0.39, 0.29) is 18.2 Å². The van der Waals surface area contributed by atoms with Crippen molar-refractivity contribution in [3.63, 3.8) is 0 Å². The molecule has 0 radical (unpaired) electrons. The minimum Gasteiger partial charge on any atom is -0.405 e. The molecule has 0 unspecified atom stereocenters. The van der Waals surface area contributed by atoms with Crippen molar-refractivity contribution in [1.82, 2.24) is 15.1 Å². The molecule has 2 heterocycles. The lowest BCUT2D eigenvalue weighted by atomic mass is 10.1. The topological polar surface area (TPSA) is 65.4 Å². The largest absolute Gasteiger partial charge is 0.573 e. The molecule has 0 fully saturated rings. The van der Waals surface area contributed by atoms with Crippen LogP contribution in [0.1, 0.15) is 47.2 Å². The number of nitrogens with zero attached hydrogens (tertiary/aromatic N) is 2. The fraction of sp³-hybridized carbons (Fsp3) is 0.474. The van der Waals surface area contributed by atoms with Crippen molar-refractivity contribution >= 4 is 5.91 Å². The van der Waals surface area contributed by atoms with Gasteiger partial charge in [-0.15, -0.1) is 13.2 Å². The van der Waals surface area contributed by atoms with E-state index in [2.05, 4.69) is 15.2 Å². The third-order valence-electron chi connectivity index (χ3n) is 4.43. The Morgan fingerprint density at radius 3 is 2.82 bits per heavy atom. The van der Waals surface area contributed by atoms with Crippen LogP contribution in [0.2, 0.25) is 0 Å². The summed E-state index contributed by atoms with van der Waals surface area (Å²) < 4.78 is 49.0. The van der Waals surface area contributed by atoms with Gasteiger partial charge in [0.05, 0.1) is 24.5 Å². The predicted octanol–water partition coefficient (Wildman–Crippen LogP) is 3.41. The van der Waals surface area contributed by atoms with Crippen LogP contribution in [0.25, 0.3) is 0 Å². The van der Waals surface area contributed by atoms with Gasteiger partial charge in [-0.3, -0.25) is 9.48 Å². The van der Waals surface area contributed by atoms with Gasteiger partial charge in [-0.05, 0) is 26.0 Å². The van der Waals surface area contributed by atoms with Crippen molar-refractivity contribution in [2.45, 2.75) is 45.7 Å². The summed E-state index contributed by atoms with van der Waals surface area (Å²) in [6, 6.07) is 5.47. The third-order valence-corrected chi connectivity index (χ3v) is 4.43. The standard InChI is InChI=1S/C19H22F3N3O3/c1-12(2)25-16-8-10-27-11-14(16)15(24-25)7-9-23-18(26)13-5-3-4-6-17(13)28-19(20,21)22/h3-6,12H,7-11H2,1-2H3,(H,23,26). The number of benzene rings is 1. The lowest BCUT2D eigenvalue weighted by Crippen LogP contribution is -2.28. The molecule has 1 aromatic heterocycles. The second-order valence-electron chi connectivity index (χ2n) is 6.76. The Balaban J connectivity index is 1.67. The summed E-state index contributed by atoms with van der Waals surface area (Å²) in [5, 5.41) is 7.28. The van der Waals surface area contributed by atoms with Crippen LogP contribution >= 0.6 is 0 Å². The second kappa shape index (κ2) is 8.22. The van der Waals surface area contributed by atoms with E-state index in [1.807, 2.05) is 18.5 Å². The third kappa shape index (κ3) is 4.64.